The third-order valence-electron chi connectivity index (χ3n) is 3.96. The first kappa shape index (κ1) is 21.3. The third-order valence-corrected chi connectivity index (χ3v) is 5.36. The fraction of sp³-hybridized carbons (Fsp3) is 0.111. The molecule has 30 heavy (non-hydrogen) atoms. The zero-order valence-corrected chi connectivity index (χ0v) is 16.0. The molecule has 7 nitrogen and oxygen atoms in total. The molecule has 0 atom stereocenters. The van der Waals surface area contributed by atoms with Crippen molar-refractivity contribution in [2.45, 2.75) is 11.1 Å². The summed E-state index contributed by atoms with van der Waals surface area (Å²) in [6, 6.07) is 6.16. The molecule has 0 amide bonds. The van der Waals surface area contributed by atoms with Gasteiger partial charge in [0, 0.05) is 12.4 Å². The Morgan fingerprint density at radius 3 is 2.50 bits per heavy atom. The molecule has 1 aromatic heterocycles. The lowest BCUT2D eigenvalue weighted by Gasteiger charge is -2.16. The van der Waals surface area contributed by atoms with E-state index in [2.05, 4.69) is 9.84 Å². The maximum Gasteiger partial charge on any atom is 0.416 e. The number of hydrogen-bond acceptors (Lipinski definition) is 5. The number of alkyl halides is 3. The van der Waals surface area contributed by atoms with Crippen LogP contribution in [0.2, 0.25) is 0 Å². The average Bonchev–Trinajstić information content (AvgIpc) is 3.21. The Morgan fingerprint density at radius 1 is 1.17 bits per heavy atom. The smallest absolute Gasteiger partial charge is 0.416 e. The van der Waals surface area contributed by atoms with Crippen LogP contribution >= 0.6 is 0 Å². The van der Waals surface area contributed by atoms with Crippen LogP contribution in [0.15, 0.2) is 59.8 Å². The largest absolute Gasteiger partial charge is 0.465 e. The van der Waals surface area contributed by atoms with Crippen LogP contribution in [0.25, 0.3) is 5.69 Å². The highest BCUT2D eigenvalue weighted by Crippen LogP contribution is 2.34. The molecule has 0 unspecified atom stereocenters. The first-order chi connectivity index (χ1) is 14.0. The number of anilines is 1. The number of ether oxygens (including phenoxy) is 1. The number of carbonyl (C=O) groups is 1. The zero-order valence-electron chi connectivity index (χ0n) is 15.1. The predicted molar refractivity (Wildman–Crippen MR) is 97.1 cm³/mol. The normalized spacial score (nSPS) is 11.9. The fourth-order valence-electron chi connectivity index (χ4n) is 2.60. The van der Waals surface area contributed by atoms with Gasteiger partial charge in [-0.25, -0.2) is 22.3 Å². The highest BCUT2D eigenvalue weighted by Gasteiger charge is 2.32. The molecule has 0 radical (unpaired) electrons. The van der Waals surface area contributed by atoms with Gasteiger partial charge in [-0.15, -0.1) is 0 Å². The van der Waals surface area contributed by atoms with Gasteiger partial charge in [-0.1, -0.05) is 0 Å². The quantitative estimate of drug-likeness (QED) is 0.481. The second-order valence-electron chi connectivity index (χ2n) is 5.92. The van der Waals surface area contributed by atoms with Gasteiger partial charge in [0.2, 0.25) is 0 Å². The van der Waals surface area contributed by atoms with E-state index in [4.69, 9.17) is 0 Å². The Bertz CT molecular complexity index is 1190. The van der Waals surface area contributed by atoms with E-state index in [1.807, 2.05) is 4.72 Å². The summed E-state index contributed by atoms with van der Waals surface area (Å²) in [4.78, 5) is 11.1. The summed E-state index contributed by atoms with van der Waals surface area (Å²) in [5, 5.41) is 3.88. The van der Waals surface area contributed by atoms with E-state index in [0.29, 0.717) is 12.1 Å². The summed E-state index contributed by atoms with van der Waals surface area (Å²) in [6.45, 7) is 0. The summed E-state index contributed by atoms with van der Waals surface area (Å²) in [6.07, 6.45) is -2.01. The van der Waals surface area contributed by atoms with E-state index in [1.165, 1.54) is 18.5 Å². The van der Waals surface area contributed by atoms with Crippen molar-refractivity contribution in [3.8, 4) is 5.69 Å². The van der Waals surface area contributed by atoms with Gasteiger partial charge >= 0.3 is 12.1 Å². The number of benzene rings is 2. The minimum Gasteiger partial charge on any atom is -0.465 e. The maximum absolute atomic E-state index is 13.7. The van der Waals surface area contributed by atoms with E-state index in [9.17, 15) is 30.8 Å². The average molecular weight is 443 g/mol. The van der Waals surface area contributed by atoms with Crippen molar-refractivity contribution in [2.24, 2.45) is 0 Å². The van der Waals surface area contributed by atoms with E-state index < -0.39 is 49.7 Å². The van der Waals surface area contributed by atoms with Gasteiger partial charge in [0.25, 0.3) is 10.0 Å². The van der Waals surface area contributed by atoms with Gasteiger partial charge in [0.1, 0.15) is 10.7 Å². The molecule has 0 saturated carbocycles. The second-order valence-corrected chi connectivity index (χ2v) is 7.57. The number of sulfonamides is 1. The van der Waals surface area contributed by atoms with Crippen molar-refractivity contribution in [3.63, 3.8) is 0 Å². The standard InChI is InChI=1S/C18H13F4N3O4S/c1-29-17(26)13-5-4-12(19)10-16(13)30(27,28)24-14-9-11(18(20,21)22)3-6-15(14)25-8-2-7-23-25/h2-10,24H,1H3. The van der Waals surface area contributed by atoms with E-state index >= 15 is 0 Å². The van der Waals surface area contributed by atoms with Gasteiger partial charge in [-0.3, -0.25) is 4.72 Å². The minimum atomic E-state index is -4.75. The van der Waals surface area contributed by atoms with Crippen molar-refractivity contribution in [2.75, 3.05) is 11.8 Å². The first-order valence-electron chi connectivity index (χ1n) is 8.15. The van der Waals surface area contributed by atoms with Gasteiger partial charge in [-0.05, 0) is 42.5 Å². The molecule has 1 heterocycles. The van der Waals surface area contributed by atoms with Crippen molar-refractivity contribution >= 4 is 21.7 Å². The molecule has 0 aliphatic heterocycles. The summed E-state index contributed by atoms with van der Waals surface area (Å²) in [5.74, 6) is -2.04. The van der Waals surface area contributed by atoms with E-state index in [-0.39, 0.29) is 5.69 Å². The van der Waals surface area contributed by atoms with Crippen LogP contribution < -0.4 is 4.72 Å². The van der Waals surface area contributed by atoms with Crippen LogP contribution in [0.3, 0.4) is 0 Å². The number of carbonyl (C=O) groups excluding carboxylic acids is 1. The topological polar surface area (TPSA) is 90.3 Å². The molecule has 0 aliphatic carbocycles. The molecule has 0 spiro atoms. The number of halogens is 4. The van der Waals surface area contributed by atoms with Crippen LogP contribution in [-0.2, 0) is 20.9 Å². The van der Waals surface area contributed by atoms with Crippen molar-refractivity contribution < 1.29 is 35.5 Å². The highest BCUT2D eigenvalue weighted by molar-refractivity contribution is 7.92. The van der Waals surface area contributed by atoms with Crippen LogP contribution in [0.1, 0.15) is 15.9 Å². The summed E-state index contributed by atoms with van der Waals surface area (Å²) in [5.41, 5.74) is -2.11. The van der Waals surface area contributed by atoms with Crippen LogP contribution in [0, 0.1) is 5.82 Å². The van der Waals surface area contributed by atoms with Crippen molar-refractivity contribution in [3.05, 3.63) is 71.8 Å². The molecule has 2 aromatic carbocycles. The Balaban J connectivity index is 2.16. The lowest BCUT2D eigenvalue weighted by atomic mass is 10.1. The SMILES string of the molecule is COC(=O)c1ccc(F)cc1S(=O)(=O)Nc1cc(C(F)(F)F)ccc1-n1cccn1. The number of hydrogen-bond donors (Lipinski definition) is 1. The summed E-state index contributed by atoms with van der Waals surface area (Å²) < 4.78 is 86.6. The Morgan fingerprint density at radius 2 is 1.90 bits per heavy atom. The molecular formula is C18H13F4N3O4S. The second kappa shape index (κ2) is 7.78. The van der Waals surface area contributed by atoms with Crippen molar-refractivity contribution in [1.82, 2.24) is 9.78 Å². The predicted octanol–water partition coefficient (Wildman–Crippen LogP) is 3.62. The molecule has 1 N–H and O–H groups in total. The van der Waals surface area contributed by atoms with E-state index in [1.54, 1.807) is 0 Å². The number of rotatable bonds is 5. The molecule has 158 valence electrons. The number of nitrogens with zero attached hydrogens (tertiary/aromatic N) is 2. The molecule has 0 bridgehead atoms. The monoisotopic (exact) mass is 443 g/mol. The Labute approximate surface area is 167 Å². The van der Waals surface area contributed by atoms with Crippen molar-refractivity contribution in [1.29, 1.82) is 0 Å². The van der Waals surface area contributed by atoms with Gasteiger partial charge in [0.15, 0.2) is 0 Å². The van der Waals surface area contributed by atoms with Crippen LogP contribution in [-0.4, -0.2) is 31.3 Å². The first-order valence-corrected chi connectivity index (χ1v) is 9.63. The zero-order chi connectivity index (χ0) is 22.1. The number of nitrogens with one attached hydrogen (secondary N) is 1. The molecular weight excluding hydrogens is 430 g/mol. The number of methoxy groups -OCH3 is 1. The number of aromatic nitrogens is 2. The van der Waals surface area contributed by atoms with Gasteiger partial charge < -0.3 is 4.74 Å². The third kappa shape index (κ3) is 4.27. The Kier molecular flexibility index (Phi) is 5.53. The van der Waals surface area contributed by atoms with Gasteiger partial charge in [0.05, 0.1) is 29.6 Å². The van der Waals surface area contributed by atoms with Crippen LogP contribution in [0.5, 0.6) is 0 Å². The fourth-order valence-corrected chi connectivity index (χ4v) is 3.87. The lowest BCUT2D eigenvalue weighted by molar-refractivity contribution is -0.137. The molecule has 0 fully saturated rings. The summed E-state index contributed by atoms with van der Waals surface area (Å²) in [7, 11) is -3.70. The molecule has 0 aliphatic rings. The molecule has 3 rings (SSSR count). The van der Waals surface area contributed by atoms with Gasteiger partial charge in [-0.2, -0.15) is 18.3 Å². The molecule has 0 saturated heterocycles. The maximum atomic E-state index is 13.7. The van der Waals surface area contributed by atoms with Crippen LogP contribution in [0.4, 0.5) is 23.2 Å². The number of esters is 1. The highest BCUT2D eigenvalue weighted by atomic mass is 32.2. The Hall–Kier alpha value is -3.41. The van der Waals surface area contributed by atoms with E-state index in [0.717, 1.165) is 36.1 Å². The minimum absolute atomic E-state index is 0.0207. The summed E-state index contributed by atoms with van der Waals surface area (Å²) >= 11 is 0. The molecule has 3 aromatic rings. The lowest BCUT2D eigenvalue weighted by Crippen LogP contribution is -2.19. The molecule has 12 heteroatoms.